The van der Waals surface area contributed by atoms with Crippen LogP contribution in [0, 0.1) is 0 Å². The minimum atomic E-state index is -4.51. The van der Waals surface area contributed by atoms with Gasteiger partial charge in [-0.2, -0.15) is 13.2 Å². The van der Waals surface area contributed by atoms with Crippen LogP contribution in [0.2, 0.25) is 0 Å². The normalized spacial score (nSPS) is 11.7. The van der Waals surface area contributed by atoms with Gasteiger partial charge in [0.25, 0.3) is 0 Å². The van der Waals surface area contributed by atoms with E-state index in [1.807, 2.05) is 6.92 Å². The zero-order valence-electron chi connectivity index (χ0n) is 11.4. The van der Waals surface area contributed by atoms with Crippen molar-refractivity contribution in [3.63, 3.8) is 0 Å². The van der Waals surface area contributed by atoms with Crippen molar-refractivity contribution in [1.29, 1.82) is 0 Å². The average molecular weight is 292 g/mol. The summed E-state index contributed by atoms with van der Waals surface area (Å²) in [7, 11) is 0. The van der Waals surface area contributed by atoms with E-state index in [1.54, 1.807) is 0 Å². The quantitative estimate of drug-likeness (QED) is 0.746. The lowest BCUT2D eigenvalue weighted by atomic mass is 10.1. The van der Waals surface area contributed by atoms with Crippen LogP contribution in [0.25, 0.3) is 0 Å². The van der Waals surface area contributed by atoms with Gasteiger partial charge in [-0.1, -0.05) is 19.4 Å². The fourth-order valence-corrected chi connectivity index (χ4v) is 1.58. The highest BCUT2D eigenvalue weighted by atomic mass is 19.4. The Kier molecular flexibility index (Phi) is 6.81. The summed E-state index contributed by atoms with van der Waals surface area (Å²) in [5.41, 5.74) is -0.679. The summed E-state index contributed by atoms with van der Waals surface area (Å²) in [5.74, 6) is -0.242. The van der Waals surface area contributed by atoms with Crippen LogP contribution in [-0.4, -0.2) is 24.9 Å². The Morgan fingerprint density at radius 2 is 1.90 bits per heavy atom. The molecule has 0 heterocycles. The standard InChI is InChI=1S/C14H19F3O3/c1-2-3-6-19-7-8-20-13-5-4-11(10-18)9-12(13)14(15,16)17/h4-5,9,18H,2-3,6-8,10H2,1H3. The van der Waals surface area contributed by atoms with Gasteiger partial charge in [-0.3, -0.25) is 0 Å². The largest absolute Gasteiger partial charge is 0.491 e. The first kappa shape index (κ1) is 16.8. The monoisotopic (exact) mass is 292 g/mol. The summed E-state index contributed by atoms with van der Waals surface area (Å²) < 4.78 is 48.9. The van der Waals surface area contributed by atoms with Crippen LogP contribution in [0.15, 0.2) is 18.2 Å². The molecule has 1 aromatic rings. The fourth-order valence-electron chi connectivity index (χ4n) is 1.58. The lowest BCUT2D eigenvalue weighted by molar-refractivity contribution is -0.139. The molecule has 3 nitrogen and oxygen atoms in total. The molecule has 0 radical (unpaired) electrons. The summed E-state index contributed by atoms with van der Waals surface area (Å²) in [6.45, 7) is 2.47. The van der Waals surface area contributed by atoms with Crippen molar-refractivity contribution in [3.8, 4) is 5.75 Å². The molecule has 0 saturated heterocycles. The van der Waals surface area contributed by atoms with Gasteiger partial charge in [0.2, 0.25) is 0 Å². The highest BCUT2D eigenvalue weighted by Gasteiger charge is 2.34. The van der Waals surface area contributed by atoms with E-state index in [1.165, 1.54) is 12.1 Å². The molecule has 0 saturated carbocycles. The summed E-state index contributed by atoms with van der Waals surface area (Å²) in [5, 5.41) is 8.89. The number of ether oxygens (including phenoxy) is 2. The van der Waals surface area contributed by atoms with Crippen LogP contribution < -0.4 is 4.74 Å². The van der Waals surface area contributed by atoms with Crippen molar-refractivity contribution >= 4 is 0 Å². The molecule has 0 amide bonds. The molecule has 0 unspecified atom stereocenters. The van der Waals surface area contributed by atoms with Gasteiger partial charge >= 0.3 is 6.18 Å². The van der Waals surface area contributed by atoms with Crippen LogP contribution in [-0.2, 0) is 17.5 Å². The second-order valence-corrected chi connectivity index (χ2v) is 4.30. The average Bonchev–Trinajstić information content (AvgIpc) is 2.41. The van der Waals surface area contributed by atoms with Gasteiger partial charge < -0.3 is 14.6 Å². The SMILES string of the molecule is CCCCOCCOc1ccc(CO)cc1C(F)(F)F. The lowest BCUT2D eigenvalue weighted by Crippen LogP contribution is -2.13. The Balaban J connectivity index is 2.60. The van der Waals surface area contributed by atoms with Gasteiger partial charge in [0.15, 0.2) is 0 Å². The first-order chi connectivity index (χ1) is 9.49. The van der Waals surface area contributed by atoms with Crippen LogP contribution in [0.3, 0.4) is 0 Å². The predicted molar refractivity (Wildman–Crippen MR) is 68.6 cm³/mol. The molecular weight excluding hydrogens is 273 g/mol. The molecule has 1 N–H and O–H groups in total. The van der Waals surface area contributed by atoms with Gasteiger partial charge in [0.1, 0.15) is 12.4 Å². The third-order valence-electron chi connectivity index (χ3n) is 2.66. The Labute approximate surface area is 116 Å². The summed E-state index contributed by atoms with van der Waals surface area (Å²) in [6, 6.07) is 3.52. The van der Waals surface area contributed by atoms with E-state index in [2.05, 4.69) is 0 Å². The number of unbranched alkanes of at least 4 members (excludes halogenated alkanes) is 1. The number of aliphatic hydroxyl groups excluding tert-OH is 1. The smallest absolute Gasteiger partial charge is 0.419 e. The van der Waals surface area contributed by atoms with E-state index in [0.29, 0.717) is 6.61 Å². The number of rotatable bonds is 8. The third-order valence-corrected chi connectivity index (χ3v) is 2.66. The van der Waals surface area contributed by atoms with Crippen LogP contribution >= 0.6 is 0 Å². The maximum absolute atomic E-state index is 12.8. The van der Waals surface area contributed by atoms with E-state index >= 15 is 0 Å². The number of hydrogen-bond donors (Lipinski definition) is 1. The predicted octanol–water partition coefficient (Wildman–Crippen LogP) is 3.39. The van der Waals surface area contributed by atoms with Crippen molar-refractivity contribution in [2.75, 3.05) is 19.8 Å². The zero-order chi connectivity index (χ0) is 15.0. The lowest BCUT2D eigenvalue weighted by Gasteiger charge is -2.15. The summed E-state index contributed by atoms with van der Waals surface area (Å²) >= 11 is 0. The molecule has 0 bridgehead atoms. The maximum atomic E-state index is 12.8. The van der Waals surface area contributed by atoms with Crippen LogP contribution in [0.5, 0.6) is 5.75 Å². The summed E-state index contributed by atoms with van der Waals surface area (Å²) in [6.07, 6.45) is -2.59. The van der Waals surface area contributed by atoms with E-state index in [9.17, 15) is 13.2 Å². The topological polar surface area (TPSA) is 38.7 Å². The molecule has 0 aliphatic heterocycles. The van der Waals surface area contributed by atoms with Gasteiger partial charge in [-0.25, -0.2) is 0 Å². The Morgan fingerprint density at radius 1 is 1.15 bits per heavy atom. The molecule has 0 aliphatic rings. The number of benzene rings is 1. The first-order valence-corrected chi connectivity index (χ1v) is 6.50. The molecular formula is C14H19F3O3. The number of alkyl halides is 3. The highest BCUT2D eigenvalue weighted by Crippen LogP contribution is 2.36. The fraction of sp³-hybridized carbons (Fsp3) is 0.571. The molecule has 6 heteroatoms. The molecule has 0 atom stereocenters. The van der Waals surface area contributed by atoms with Gasteiger partial charge in [-0.05, 0) is 24.1 Å². The number of halogens is 3. The van der Waals surface area contributed by atoms with Gasteiger partial charge in [-0.15, -0.1) is 0 Å². The second kappa shape index (κ2) is 8.11. The first-order valence-electron chi connectivity index (χ1n) is 6.50. The molecule has 1 rings (SSSR count). The van der Waals surface area contributed by atoms with E-state index < -0.39 is 18.3 Å². The van der Waals surface area contributed by atoms with Crippen LogP contribution in [0.4, 0.5) is 13.2 Å². The molecule has 0 fully saturated rings. The Bertz CT molecular complexity index is 405. The van der Waals surface area contributed by atoms with E-state index in [0.717, 1.165) is 18.9 Å². The Morgan fingerprint density at radius 3 is 2.50 bits per heavy atom. The zero-order valence-corrected chi connectivity index (χ0v) is 11.4. The van der Waals surface area contributed by atoms with Crippen LogP contribution in [0.1, 0.15) is 30.9 Å². The van der Waals surface area contributed by atoms with E-state index in [4.69, 9.17) is 14.6 Å². The third kappa shape index (κ3) is 5.38. The number of aliphatic hydroxyl groups is 1. The highest BCUT2D eigenvalue weighted by molar-refractivity contribution is 5.39. The van der Waals surface area contributed by atoms with Gasteiger partial charge in [0, 0.05) is 6.61 Å². The Hall–Kier alpha value is -1.27. The summed E-state index contributed by atoms with van der Waals surface area (Å²) in [4.78, 5) is 0. The van der Waals surface area contributed by atoms with Gasteiger partial charge in [0.05, 0.1) is 18.8 Å². The minimum Gasteiger partial charge on any atom is -0.491 e. The van der Waals surface area contributed by atoms with Crippen molar-refractivity contribution in [2.45, 2.75) is 32.5 Å². The number of hydrogen-bond acceptors (Lipinski definition) is 3. The maximum Gasteiger partial charge on any atom is 0.419 e. The van der Waals surface area contributed by atoms with Crippen molar-refractivity contribution in [1.82, 2.24) is 0 Å². The molecule has 114 valence electrons. The molecule has 1 aromatic carbocycles. The minimum absolute atomic E-state index is 0.0608. The molecule has 20 heavy (non-hydrogen) atoms. The molecule has 0 spiro atoms. The van der Waals surface area contributed by atoms with Crippen molar-refractivity contribution in [3.05, 3.63) is 29.3 Å². The van der Waals surface area contributed by atoms with Crippen molar-refractivity contribution < 1.29 is 27.8 Å². The van der Waals surface area contributed by atoms with E-state index in [-0.39, 0.29) is 24.5 Å². The molecule has 0 aromatic heterocycles. The second-order valence-electron chi connectivity index (χ2n) is 4.30. The van der Waals surface area contributed by atoms with Crippen molar-refractivity contribution in [2.24, 2.45) is 0 Å². The molecule has 0 aliphatic carbocycles.